The monoisotopic (exact) mass is 323 g/mol. The molecular weight excluding hydrogens is 302 g/mol. The molecular formula is C20H21NO3. The van der Waals surface area contributed by atoms with Crippen molar-refractivity contribution in [2.24, 2.45) is 0 Å². The van der Waals surface area contributed by atoms with Gasteiger partial charge in [-0.05, 0) is 30.0 Å². The van der Waals surface area contributed by atoms with E-state index in [-0.39, 0.29) is 11.7 Å². The summed E-state index contributed by atoms with van der Waals surface area (Å²) in [6.45, 7) is 0. The van der Waals surface area contributed by atoms with Crippen LogP contribution in [0, 0.1) is 0 Å². The molecule has 1 atom stereocenters. The molecule has 0 aromatic heterocycles. The Morgan fingerprint density at radius 2 is 1.79 bits per heavy atom. The van der Waals surface area contributed by atoms with E-state index in [1.165, 1.54) is 5.56 Å². The van der Waals surface area contributed by atoms with Gasteiger partial charge in [0.15, 0.2) is 5.78 Å². The summed E-state index contributed by atoms with van der Waals surface area (Å²) in [5.74, 6) is 1.76. The molecule has 3 rings (SSSR count). The quantitative estimate of drug-likeness (QED) is 0.898. The van der Waals surface area contributed by atoms with E-state index in [9.17, 15) is 4.79 Å². The van der Waals surface area contributed by atoms with Crippen molar-refractivity contribution in [2.75, 3.05) is 19.5 Å². The van der Waals surface area contributed by atoms with Crippen LogP contribution in [0.4, 0.5) is 5.69 Å². The fraction of sp³-hybridized carbons (Fsp3) is 0.250. The van der Waals surface area contributed by atoms with E-state index < -0.39 is 0 Å². The van der Waals surface area contributed by atoms with E-state index in [1.807, 2.05) is 36.4 Å². The molecule has 0 amide bonds. The molecule has 124 valence electrons. The van der Waals surface area contributed by atoms with E-state index in [0.717, 1.165) is 23.6 Å². The lowest BCUT2D eigenvalue weighted by Gasteiger charge is -2.24. The normalized spacial score (nSPS) is 17.2. The van der Waals surface area contributed by atoms with Gasteiger partial charge in [-0.2, -0.15) is 0 Å². The molecule has 2 aromatic rings. The third kappa shape index (κ3) is 3.59. The molecule has 1 aliphatic carbocycles. The Hall–Kier alpha value is -2.75. The van der Waals surface area contributed by atoms with Gasteiger partial charge in [-0.15, -0.1) is 0 Å². The number of hydrogen-bond acceptors (Lipinski definition) is 4. The van der Waals surface area contributed by atoms with Crippen LogP contribution in [-0.4, -0.2) is 20.0 Å². The largest absolute Gasteiger partial charge is 0.497 e. The molecule has 24 heavy (non-hydrogen) atoms. The van der Waals surface area contributed by atoms with E-state index in [2.05, 4.69) is 17.4 Å². The van der Waals surface area contributed by atoms with Crippen molar-refractivity contribution in [3.8, 4) is 11.5 Å². The molecule has 0 fully saturated rings. The maximum atomic E-state index is 12.1. The zero-order chi connectivity index (χ0) is 16.9. The third-order valence-corrected chi connectivity index (χ3v) is 4.22. The predicted molar refractivity (Wildman–Crippen MR) is 94.7 cm³/mol. The number of benzene rings is 2. The zero-order valence-electron chi connectivity index (χ0n) is 13.9. The molecule has 0 saturated carbocycles. The van der Waals surface area contributed by atoms with Crippen LogP contribution in [0.15, 0.2) is 60.3 Å². The van der Waals surface area contributed by atoms with Gasteiger partial charge in [0.05, 0.1) is 19.9 Å². The highest BCUT2D eigenvalue weighted by Crippen LogP contribution is 2.35. The number of methoxy groups -OCH3 is 2. The van der Waals surface area contributed by atoms with Crippen molar-refractivity contribution >= 4 is 11.5 Å². The summed E-state index contributed by atoms with van der Waals surface area (Å²) in [5.41, 5.74) is 2.93. The molecule has 1 N–H and O–H groups in total. The van der Waals surface area contributed by atoms with Crippen LogP contribution in [0.25, 0.3) is 0 Å². The summed E-state index contributed by atoms with van der Waals surface area (Å²) in [6, 6.07) is 15.8. The van der Waals surface area contributed by atoms with Gasteiger partial charge in [-0.1, -0.05) is 30.3 Å². The minimum atomic E-state index is 0.144. The molecule has 0 saturated heterocycles. The predicted octanol–water partition coefficient (Wildman–Crippen LogP) is 4.15. The van der Waals surface area contributed by atoms with Crippen LogP contribution in [0.3, 0.4) is 0 Å². The average molecular weight is 323 g/mol. The standard InChI is InChI=1S/C20H21NO3/c1-23-18-8-9-19(20(13-18)24-2)21-16-10-15(11-17(22)12-16)14-6-4-3-5-7-14/h3-9,12-13,15,21H,10-11H2,1-2H3/t15-/m1/s1. The van der Waals surface area contributed by atoms with Gasteiger partial charge >= 0.3 is 0 Å². The Balaban J connectivity index is 1.81. The van der Waals surface area contributed by atoms with Gasteiger partial charge in [0.25, 0.3) is 0 Å². The van der Waals surface area contributed by atoms with Crippen LogP contribution in [0.1, 0.15) is 24.3 Å². The number of hydrogen-bond donors (Lipinski definition) is 1. The molecule has 0 bridgehead atoms. The number of carbonyl (C=O) groups excluding carboxylic acids is 1. The van der Waals surface area contributed by atoms with Gasteiger partial charge in [0.2, 0.25) is 0 Å². The van der Waals surface area contributed by atoms with Crippen LogP contribution < -0.4 is 14.8 Å². The van der Waals surface area contributed by atoms with Crippen molar-refractivity contribution in [2.45, 2.75) is 18.8 Å². The molecule has 2 aromatic carbocycles. The molecule has 1 aliphatic rings. The van der Waals surface area contributed by atoms with Crippen molar-refractivity contribution < 1.29 is 14.3 Å². The molecule has 4 heteroatoms. The molecule has 4 nitrogen and oxygen atoms in total. The number of ether oxygens (including phenoxy) is 2. The first-order valence-electron chi connectivity index (χ1n) is 7.97. The van der Waals surface area contributed by atoms with Gasteiger partial charge in [0.1, 0.15) is 11.5 Å². The highest BCUT2D eigenvalue weighted by molar-refractivity contribution is 5.92. The molecule has 0 spiro atoms. The summed E-state index contributed by atoms with van der Waals surface area (Å²) in [7, 11) is 3.24. The first kappa shape index (κ1) is 16.1. The maximum Gasteiger partial charge on any atom is 0.158 e. The lowest BCUT2D eigenvalue weighted by molar-refractivity contribution is -0.115. The van der Waals surface area contributed by atoms with Gasteiger partial charge in [-0.3, -0.25) is 4.79 Å². The van der Waals surface area contributed by atoms with Crippen LogP contribution in [0.2, 0.25) is 0 Å². The van der Waals surface area contributed by atoms with Crippen molar-refractivity contribution in [3.05, 3.63) is 65.9 Å². The van der Waals surface area contributed by atoms with Gasteiger partial charge < -0.3 is 14.8 Å². The first-order chi connectivity index (χ1) is 11.7. The fourth-order valence-corrected chi connectivity index (χ4v) is 3.02. The second-order valence-electron chi connectivity index (χ2n) is 5.84. The Morgan fingerprint density at radius 1 is 1.00 bits per heavy atom. The molecule has 0 aliphatic heterocycles. The van der Waals surface area contributed by atoms with E-state index in [0.29, 0.717) is 12.2 Å². The molecule has 0 radical (unpaired) electrons. The zero-order valence-corrected chi connectivity index (χ0v) is 13.9. The summed E-state index contributed by atoms with van der Waals surface area (Å²) in [4.78, 5) is 12.1. The fourth-order valence-electron chi connectivity index (χ4n) is 3.02. The van der Waals surface area contributed by atoms with Crippen LogP contribution >= 0.6 is 0 Å². The number of rotatable bonds is 5. The van der Waals surface area contributed by atoms with Crippen LogP contribution in [-0.2, 0) is 4.79 Å². The third-order valence-electron chi connectivity index (χ3n) is 4.22. The van der Waals surface area contributed by atoms with Gasteiger partial charge in [-0.25, -0.2) is 0 Å². The average Bonchev–Trinajstić information content (AvgIpc) is 2.62. The van der Waals surface area contributed by atoms with E-state index in [1.54, 1.807) is 20.3 Å². The van der Waals surface area contributed by atoms with Crippen molar-refractivity contribution in [1.29, 1.82) is 0 Å². The smallest absolute Gasteiger partial charge is 0.158 e. The highest BCUT2D eigenvalue weighted by atomic mass is 16.5. The Kier molecular flexibility index (Phi) is 4.85. The second-order valence-corrected chi connectivity index (χ2v) is 5.84. The Morgan fingerprint density at radius 3 is 2.50 bits per heavy atom. The number of anilines is 1. The summed E-state index contributed by atoms with van der Waals surface area (Å²) in [6.07, 6.45) is 3.04. The first-order valence-corrected chi connectivity index (χ1v) is 7.97. The topological polar surface area (TPSA) is 47.6 Å². The number of nitrogens with one attached hydrogen (secondary N) is 1. The summed E-state index contributed by atoms with van der Waals surface area (Å²) >= 11 is 0. The van der Waals surface area contributed by atoms with Crippen LogP contribution in [0.5, 0.6) is 11.5 Å². The van der Waals surface area contributed by atoms with E-state index >= 15 is 0 Å². The lowest BCUT2D eigenvalue weighted by atomic mass is 9.85. The van der Waals surface area contributed by atoms with Crippen molar-refractivity contribution in [1.82, 2.24) is 0 Å². The van der Waals surface area contributed by atoms with Gasteiger partial charge in [0, 0.05) is 24.3 Å². The SMILES string of the molecule is COc1ccc(NC2=CC(=O)C[C@H](c3ccccc3)C2)c(OC)c1. The minimum Gasteiger partial charge on any atom is -0.497 e. The molecule has 0 unspecified atom stereocenters. The van der Waals surface area contributed by atoms with Crippen molar-refractivity contribution in [3.63, 3.8) is 0 Å². The lowest BCUT2D eigenvalue weighted by Crippen LogP contribution is -2.17. The Bertz CT molecular complexity index is 753. The second kappa shape index (κ2) is 7.21. The Labute approximate surface area is 142 Å². The number of carbonyl (C=O) groups is 1. The summed E-state index contributed by atoms with van der Waals surface area (Å²) in [5, 5.41) is 3.34. The van der Waals surface area contributed by atoms with E-state index in [4.69, 9.17) is 9.47 Å². The molecule has 0 heterocycles. The maximum absolute atomic E-state index is 12.1. The summed E-state index contributed by atoms with van der Waals surface area (Å²) < 4.78 is 10.6. The highest BCUT2D eigenvalue weighted by Gasteiger charge is 2.22. The minimum absolute atomic E-state index is 0.144. The number of ketones is 1. The number of allylic oxidation sites excluding steroid dienone is 2.